The Morgan fingerprint density at radius 2 is 1.52 bits per heavy atom. The lowest BCUT2D eigenvalue weighted by atomic mass is 10.1. The largest absolute Gasteiger partial charge is 0.326 e. The topological polar surface area (TPSA) is 29.1 Å². The van der Waals surface area contributed by atoms with Crippen molar-refractivity contribution in [2.24, 2.45) is 0 Å². The maximum Gasteiger partial charge on any atom is 0.224 e. The molecule has 2 nitrogen and oxygen atoms in total. The Hall–Kier alpha value is -1.94. The minimum atomic E-state index is -0.0580. The number of benzene rings is 3. The first-order valence-corrected chi connectivity index (χ1v) is 10.4. The van der Waals surface area contributed by atoms with E-state index in [1.165, 1.54) is 10.5 Å². The van der Waals surface area contributed by atoms with Gasteiger partial charge in [-0.2, -0.15) is 0 Å². The van der Waals surface area contributed by atoms with Crippen LogP contribution in [0.4, 0.5) is 5.69 Å². The van der Waals surface area contributed by atoms with Crippen LogP contribution in [-0.2, 0) is 17.0 Å². The Bertz CT molecular complexity index is 878. The van der Waals surface area contributed by atoms with Crippen molar-refractivity contribution < 1.29 is 4.79 Å². The highest BCUT2D eigenvalue weighted by Gasteiger charge is 2.09. The fraction of sp³-hybridized carbons (Fsp3) is 0.136. The summed E-state index contributed by atoms with van der Waals surface area (Å²) in [5.74, 6) is 0.834. The SMILES string of the molecule is O=C(CCc1c(Cl)cccc1Cl)Nc1ccc(CSc2ccccc2)cc1. The van der Waals surface area contributed by atoms with Crippen molar-refractivity contribution in [2.45, 2.75) is 23.5 Å². The highest BCUT2D eigenvalue weighted by atomic mass is 35.5. The number of carbonyl (C=O) groups is 1. The Labute approximate surface area is 173 Å². The van der Waals surface area contributed by atoms with E-state index in [-0.39, 0.29) is 5.91 Å². The van der Waals surface area contributed by atoms with Crippen molar-refractivity contribution in [1.82, 2.24) is 0 Å². The Morgan fingerprint density at radius 3 is 2.19 bits per heavy atom. The molecule has 3 aromatic rings. The molecule has 0 aliphatic heterocycles. The summed E-state index contributed by atoms with van der Waals surface area (Å²) >= 11 is 14.1. The molecule has 0 aliphatic rings. The van der Waals surface area contributed by atoms with Gasteiger partial charge >= 0.3 is 0 Å². The third-order valence-electron chi connectivity index (χ3n) is 4.05. The number of hydrogen-bond acceptors (Lipinski definition) is 2. The lowest BCUT2D eigenvalue weighted by Gasteiger charge is -2.09. The fourth-order valence-electron chi connectivity index (χ4n) is 2.60. The van der Waals surface area contributed by atoms with Crippen LogP contribution in [0.3, 0.4) is 0 Å². The van der Waals surface area contributed by atoms with Crippen molar-refractivity contribution in [3.05, 3.63) is 94.0 Å². The summed E-state index contributed by atoms with van der Waals surface area (Å²) in [6.45, 7) is 0. The van der Waals surface area contributed by atoms with Gasteiger partial charge in [0.25, 0.3) is 0 Å². The summed E-state index contributed by atoms with van der Waals surface area (Å²) in [4.78, 5) is 13.4. The van der Waals surface area contributed by atoms with Crippen LogP contribution in [-0.4, -0.2) is 5.91 Å². The summed E-state index contributed by atoms with van der Waals surface area (Å²) in [5.41, 5.74) is 2.81. The monoisotopic (exact) mass is 415 g/mol. The maximum atomic E-state index is 12.2. The normalized spacial score (nSPS) is 10.6. The predicted molar refractivity (Wildman–Crippen MR) is 116 cm³/mol. The first kappa shape index (κ1) is 19.8. The quantitative estimate of drug-likeness (QED) is 0.427. The van der Waals surface area contributed by atoms with E-state index in [1.807, 2.05) is 42.5 Å². The number of anilines is 1. The summed E-state index contributed by atoms with van der Waals surface area (Å²) in [5, 5.41) is 4.11. The molecule has 0 fully saturated rings. The summed E-state index contributed by atoms with van der Waals surface area (Å²) in [7, 11) is 0. The van der Waals surface area contributed by atoms with Crippen LogP contribution in [0.5, 0.6) is 0 Å². The molecule has 0 aliphatic carbocycles. The van der Waals surface area contributed by atoms with Gasteiger partial charge in [0.1, 0.15) is 0 Å². The van der Waals surface area contributed by atoms with Gasteiger partial charge in [-0.05, 0) is 53.9 Å². The molecule has 0 unspecified atom stereocenters. The van der Waals surface area contributed by atoms with Crippen LogP contribution in [0.2, 0.25) is 10.0 Å². The number of rotatable bonds is 7. The maximum absolute atomic E-state index is 12.2. The van der Waals surface area contributed by atoms with Crippen LogP contribution in [0.1, 0.15) is 17.5 Å². The second-order valence-electron chi connectivity index (χ2n) is 6.05. The van der Waals surface area contributed by atoms with Crippen molar-refractivity contribution >= 4 is 46.6 Å². The van der Waals surface area contributed by atoms with Crippen LogP contribution in [0.25, 0.3) is 0 Å². The highest BCUT2D eigenvalue weighted by Crippen LogP contribution is 2.26. The molecule has 1 amide bonds. The predicted octanol–water partition coefficient (Wildman–Crippen LogP) is 6.86. The molecule has 0 spiro atoms. The van der Waals surface area contributed by atoms with E-state index in [9.17, 15) is 4.79 Å². The van der Waals surface area contributed by atoms with E-state index in [0.717, 1.165) is 17.0 Å². The highest BCUT2D eigenvalue weighted by molar-refractivity contribution is 7.98. The van der Waals surface area contributed by atoms with Gasteiger partial charge in [0, 0.05) is 32.8 Å². The van der Waals surface area contributed by atoms with E-state index in [0.29, 0.717) is 22.9 Å². The van der Waals surface area contributed by atoms with Crippen LogP contribution < -0.4 is 5.32 Å². The van der Waals surface area contributed by atoms with Gasteiger partial charge in [0.15, 0.2) is 0 Å². The molecule has 5 heteroatoms. The van der Waals surface area contributed by atoms with E-state index >= 15 is 0 Å². The number of nitrogens with one attached hydrogen (secondary N) is 1. The Balaban J connectivity index is 1.49. The molecule has 138 valence electrons. The molecule has 27 heavy (non-hydrogen) atoms. The lowest BCUT2D eigenvalue weighted by Crippen LogP contribution is -2.12. The smallest absolute Gasteiger partial charge is 0.224 e. The van der Waals surface area contributed by atoms with Gasteiger partial charge in [-0.15, -0.1) is 11.8 Å². The number of halogens is 2. The second-order valence-corrected chi connectivity index (χ2v) is 7.91. The zero-order valence-corrected chi connectivity index (χ0v) is 17.0. The molecule has 3 aromatic carbocycles. The summed E-state index contributed by atoms with van der Waals surface area (Å²) in [6.07, 6.45) is 0.838. The molecule has 0 atom stereocenters. The summed E-state index contributed by atoms with van der Waals surface area (Å²) < 4.78 is 0. The molecule has 0 heterocycles. The average Bonchev–Trinajstić information content (AvgIpc) is 2.68. The Kier molecular flexibility index (Phi) is 7.22. The molecule has 0 radical (unpaired) electrons. The number of amides is 1. The molecular formula is C22H19Cl2NOS. The van der Waals surface area contributed by atoms with Crippen LogP contribution >= 0.6 is 35.0 Å². The Morgan fingerprint density at radius 1 is 0.852 bits per heavy atom. The number of carbonyl (C=O) groups excluding carboxylic acids is 1. The van der Waals surface area contributed by atoms with Crippen LogP contribution in [0, 0.1) is 0 Å². The molecule has 3 rings (SSSR count). The zero-order valence-electron chi connectivity index (χ0n) is 14.6. The van der Waals surface area contributed by atoms with Crippen LogP contribution in [0.15, 0.2) is 77.7 Å². The van der Waals surface area contributed by atoms with Crippen molar-refractivity contribution in [1.29, 1.82) is 0 Å². The first-order chi connectivity index (χ1) is 13.1. The molecule has 1 N–H and O–H groups in total. The van der Waals surface area contributed by atoms with E-state index in [2.05, 4.69) is 17.4 Å². The molecule has 0 aromatic heterocycles. The third-order valence-corrected chi connectivity index (χ3v) is 5.84. The van der Waals surface area contributed by atoms with E-state index in [1.54, 1.807) is 30.0 Å². The van der Waals surface area contributed by atoms with Crippen molar-refractivity contribution in [3.8, 4) is 0 Å². The fourth-order valence-corrected chi connectivity index (χ4v) is 4.06. The van der Waals surface area contributed by atoms with Gasteiger partial charge in [-0.25, -0.2) is 0 Å². The second kappa shape index (κ2) is 9.84. The van der Waals surface area contributed by atoms with Gasteiger partial charge in [0.2, 0.25) is 5.91 Å². The zero-order chi connectivity index (χ0) is 19.1. The van der Waals surface area contributed by atoms with Gasteiger partial charge in [-0.1, -0.05) is 59.6 Å². The first-order valence-electron chi connectivity index (χ1n) is 8.61. The molecule has 0 bridgehead atoms. The molecular weight excluding hydrogens is 397 g/mol. The minimum Gasteiger partial charge on any atom is -0.326 e. The summed E-state index contributed by atoms with van der Waals surface area (Å²) in [6, 6.07) is 23.6. The number of hydrogen-bond donors (Lipinski definition) is 1. The van der Waals surface area contributed by atoms with Gasteiger partial charge < -0.3 is 5.32 Å². The average molecular weight is 416 g/mol. The molecule has 0 saturated heterocycles. The van der Waals surface area contributed by atoms with Gasteiger partial charge in [0.05, 0.1) is 0 Å². The third kappa shape index (κ3) is 6.03. The van der Waals surface area contributed by atoms with Crippen molar-refractivity contribution in [2.75, 3.05) is 5.32 Å². The van der Waals surface area contributed by atoms with E-state index in [4.69, 9.17) is 23.2 Å². The molecule has 0 saturated carbocycles. The van der Waals surface area contributed by atoms with E-state index < -0.39 is 0 Å². The van der Waals surface area contributed by atoms with Gasteiger partial charge in [-0.3, -0.25) is 4.79 Å². The minimum absolute atomic E-state index is 0.0580. The number of thioether (sulfide) groups is 1. The van der Waals surface area contributed by atoms with Crippen molar-refractivity contribution in [3.63, 3.8) is 0 Å². The standard InChI is InChI=1S/C22H19Cl2NOS/c23-20-7-4-8-21(24)19(20)13-14-22(26)25-17-11-9-16(10-12-17)15-27-18-5-2-1-3-6-18/h1-12H,13-15H2,(H,25,26). The lowest BCUT2D eigenvalue weighted by molar-refractivity contribution is -0.116.